The Morgan fingerprint density at radius 2 is 1.76 bits per heavy atom. The minimum Gasteiger partial charge on any atom is -0.493 e. The lowest BCUT2D eigenvalue weighted by Crippen LogP contribution is -2.24. The highest BCUT2D eigenvalue weighted by atomic mass is 35.5. The first kappa shape index (κ1) is 27.0. The van der Waals surface area contributed by atoms with Gasteiger partial charge in [-0.2, -0.15) is 0 Å². The second-order valence-electron chi connectivity index (χ2n) is 8.17. The normalized spacial score (nSPS) is 10.6. The summed E-state index contributed by atoms with van der Waals surface area (Å²) >= 11 is 7.47. The van der Waals surface area contributed by atoms with Gasteiger partial charge in [-0.25, -0.2) is 0 Å². The van der Waals surface area contributed by atoms with Crippen LogP contribution in [0.5, 0.6) is 11.5 Å². The molecule has 1 heterocycles. The number of carbonyl (C=O) groups excluding carboxylic acids is 2. The molecule has 3 aromatic carbocycles. The Balaban J connectivity index is 1.51. The van der Waals surface area contributed by atoms with Crippen molar-refractivity contribution in [1.29, 1.82) is 0 Å². The molecule has 0 saturated heterocycles. The monoisotopic (exact) mass is 551 g/mol. The topological polar surface area (TPSA) is 107 Å². The van der Waals surface area contributed by atoms with Crippen molar-refractivity contribution >= 4 is 40.9 Å². The summed E-state index contributed by atoms with van der Waals surface area (Å²) in [7, 11) is 3.04. The molecule has 9 nitrogen and oxygen atoms in total. The Hall–Kier alpha value is -4.02. The molecule has 0 aliphatic heterocycles. The lowest BCUT2D eigenvalue weighted by Gasteiger charge is -2.12. The maximum Gasteiger partial charge on any atom is 0.251 e. The van der Waals surface area contributed by atoms with Crippen molar-refractivity contribution in [1.82, 2.24) is 20.1 Å². The zero-order valence-electron chi connectivity index (χ0n) is 21.0. The number of nitrogens with one attached hydrogen (secondary N) is 2. The number of benzene rings is 3. The number of hydrogen-bond donors (Lipinski definition) is 2. The van der Waals surface area contributed by atoms with Crippen LogP contribution in [-0.4, -0.2) is 46.6 Å². The van der Waals surface area contributed by atoms with E-state index in [1.54, 1.807) is 34.9 Å². The van der Waals surface area contributed by atoms with Crippen molar-refractivity contribution in [3.05, 3.63) is 88.7 Å². The molecule has 0 bridgehead atoms. The smallest absolute Gasteiger partial charge is 0.251 e. The molecule has 0 saturated carbocycles. The molecule has 196 valence electrons. The second kappa shape index (κ2) is 12.5. The van der Waals surface area contributed by atoms with Crippen LogP contribution in [-0.2, 0) is 11.3 Å². The van der Waals surface area contributed by atoms with Crippen LogP contribution in [0.4, 0.5) is 5.69 Å². The third kappa shape index (κ3) is 6.64. The van der Waals surface area contributed by atoms with Crippen molar-refractivity contribution < 1.29 is 19.1 Å². The van der Waals surface area contributed by atoms with E-state index < -0.39 is 0 Å². The number of carbonyl (C=O) groups is 2. The largest absolute Gasteiger partial charge is 0.493 e. The van der Waals surface area contributed by atoms with Crippen LogP contribution in [0.15, 0.2) is 71.9 Å². The van der Waals surface area contributed by atoms with Gasteiger partial charge in [0.2, 0.25) is 5.91 Å². The van der Waals surface area contributed by atoms with E-state index in [2.05, 4.69) is 20.8 Å². The molecule has 0 unspecified atom stereocenters. The number of aryl methyl sites for hydroxylation is 1. The van der Waals surface area contributed by atoms with Gasteiger partial charge in [-0.15, -0.1) is 10.2 Å². The zero-order valence-corrected chi connectivity index (χ0v) is 22.6. The summed E-state index contributed by atoms with van der Waals surface area (Å²) in [5.74, 6) is 1.07. The number of thioether (sulfide) groups is 1. The quantitative estimate of drug-likeness (QED) is 0.270. The van der Waals surface area contributed by atoms with Gasteiger partial charge >= 0.3 is 0 Å². The van der Waals surface area contributed by atoms with E-state index in [1.807, 2.05) is 43.3 Å². The van der Waals surface area contributed by atoms with Gasteiger partial charge in [0.05, 0.1) is 32.2 Å². The Labute approximate surface area is 229 Å². The minimum atomic E-state index is -0.321. The van der Waals surface area contributed by atoms with Gasteiger partial charge in [-0.3, -0.25) is 14.2 Å². The SMILES string of the molecule is COc1ccc(C(=O)NCc2nnc(SCC(=O)Nc3cccc(C)c3)n2-c2cccc(Cl)c2)cc1OC. The van der Waals surface area contributed by atoms with Crippen LogP contribution in [0.3, 0.4) is 0 Å². The molecule has 11 heteroatoms. The summed E-state index contributed by atoms with van der Waals surface area (Å²) in [6, 6.07) is 19.7. The van der Waals surface area contributed by atoms with Gasteiger partial charge < -0.3 is 20.1 Å². The summed E-state index contributed by atoms with van der Waals surface area (Å²) in [4.78, 5) is 25.5. The molecule has 4 aromatic rings. The van der Waals surface area contributed by atoms with E-state index in [9.17, 15) is 9.59 Å². The van der Waals surface area contributed by atoms with Gasteiger partial charge in [-0.1, -0.05) is 41.6 Å². The number of halogens is 1. The van der Waals surface area contributed by atoms with Gasteiger partial charge in [0.1, 0.15) is 0 Å². The molecule has 1 aromatic heterocycles. The average molecular weight is 552 g/mol. The van der Waals surface area contributed by atoms with Crippen LogP contribution in [0.2, 0.25) is 5.02 Å². The molecule has 2 N–H and O–H groups in total. The van der Waals surface area contributed by atoms with E-state index >= 15 is 0 Å². The van der Waals surface area contributed by atoms with E-state index in [1.165, 1.54) is 26.0 Å². The minimum absolute atomic E-state index is 0.0861. The van der Waals surface area contributed by atoms with Crippen molar-refractivity contribution in [3.8, 4) is 17.2 Å². The molecule has 0 spiro atoms. The highest BCUT2D eigenvalue weighted by Gasteiger charge is 2.18. The first-order valence-corrected chi connectivity index (χ1v) is 12.9. The van der Waals surface area contributed by atoms with Gasteiger partial charge in [-0.05, 0) is 61.0 Å². The van der Waals surface area contributed by atoms with E-state index in [0.717, 1.165) is 11.3 Å². The summed E-state index contributed by atoms with van der Waals surface area (Å²) < 4.78 is 12.3. The van der Waals surface area contributed by atoms with E-state index in [4.69, 9.17) is 21.1 Å². The number of anilines is 1. The second-order valence-corrected chi connectivity index (χ2v) is 9.55. The number of nitrogens with zero attached hydrogens (tertiary/aromatic N) is 3. The average Bonchev–Trinajstić information content (AvgIpc) is 3.33. The Morgan fingerprint density at radius 3 is 2.50 bits per heavy atom. The van der Waals surface area contributed by atoms with Crippen molar-refractivity contribution in [2.75, 3.05) is 25.3 Å². The zero-order chi connectivity index (χ0) is 27.1. The lowest BCUT2D eigenvalue weighted by molar-refractivity contribution is -0.113. The fourth-order valence-electron chi connectivity index (χ4n) is 3.67. The van der Waals surface area contributed by atoms with Gasteiger partial charge in [0, 0.05) is 16.3 Å². The van der Waals surface area contributed by atoms with E-state index in [-0.39, 0.29) is 24.1 Å². The number of methoxy groups -OCH3 is 2. The Kier molecular flexibility index (Phi) is 8.88. The Morgan fingerprint density at radius 1 is 0.974 bits per heavy atom. The predicted octanol–water partition coefficient (Wildman–Crippen LogP) is 4.91. The standard InChI is InChI=1S/C27H26ClN5O4S/c1-17-6-4-8-20(12-17)30-25(34)16-38-27-32-31-24(33(27)21-9-5-7-19(28)14-21)15-29-26(35)18-10-11-22(36-2)23(13-18)37-3/h4-14H,15-16H2,1-3H3,(H,29,35)(H,30,34). The molecule has 2 amide bonds. The summed E-state index contributed by atoms with van der Waals surface area (Å²) in [5, 5.41) is 15.3. The molecule has 0 radical (unpaired) electrons. The lowest BCUT2D eigenvalue weighted by atomic mass is 10.2. The molecule has 4 rings (SSSR count). The predicted molar refractivity (Wildman–Crippen MR) is 148 cm³/mol. The fraction of sp³-hybridized carbons (Fsp3) is 0.185. The van der Waals surface area contributed by atoms with Gasteiger partial charge in [0.25, 0.3) is 5.91 Å². The summed E-state index contributed by atoms with van der Waals surface area (Å²) in [5.41, 5.74) is 2.89. The van der Waals surface area contributed by atoms with Crippen LogP contribution in [0.25, 0.3) is 5.69 Å². The molecule has 0 aliphatic rings. The maximum atomic E-state index is 12.9. The number of hydrogen-bond acceptors (Lipinski definition) is 7. The van der Waals surface area contributed by atoms with Crippen LogP contribution < -0.4 is 20.1 Å². The number of rotatable bonds is 10. The molecule has 38 heavy (non-hydrogen) atoms. The number of amides is 2. The van der Waals surface area contributed by atoms with E-state index in [0.29, 0.717) is 38.8 Å². The van der Waals surface area contributed by atoms with Crippen molar-refractivity contribution in [2.45, 2.75) is 18.6 Å². The van der Waals surface area contributed by atoms with Crippen molar-refractivity contribution in [2.24, 2.45) is 0 Å². The van der Waals surface area contributed by atoms with Crippen LogP contribution >= 0.6 is 23.4 Å². The number of aromatic nitrogens is 3. The first-order chi connectivity index (χ1) is 18.4. The van der Waals surface area contributed by atoms with Crippen molar-refractivity contribution in [3.63, 3.8) is 0 Å². The summed E-state index contributed by atoms with van der Waals surface area (Å²) in [6.45, 7) is 2.05. The molecule has 0 atom stereocenters. The van der Waals surface area contributed by atoms with Gasteiger partial charge in [0.15, 0.2) is 22.5 Å². The molecule has 0 fully saturated rings. The molecule has 0 aliphatic carbocycles. The summed E-state index contributed by atoms with van der Waals surface area (Å²) in [6.07, 6.45) is 0. The Bertz CT molecular complexity index is 1460. The van der Waals surface area contributed by atoms with Crippen LogP contribution in [0, 0.1) is 6.92 Å². The molecular formula is C27H26ClN5O4S. The number of ether oxygens (including phenoxy) is 2. The highest BCUT2D eigenvalue weighted by molar-refractivity contribution is 7.99. The third-order valence-electron chi connectivity index (χ3n) is 5.45. The maximum absolute atomic E-state index is 12.9. The van der Waals surface area contributed by atoms with Crippen LogP contribution in [0.1, 0.15) is 21.7 Å². The highest BCUT2D eigenvalue weighted by Crippen LogP contribution is 2.28. The molecular weight excluding hydrogens is 526 g/mol. The first-order valence-electron chi connectivity index (χ1n) is 11.6. The fourth-order valence-corrected chi connectivity index (χ4v) is 4.63. The third-order valence-corrected chi connectivity index (χ3v) is 6.62.